The third kappa shape index (κ3) is 5.52. The zero-order valence-electron chi connectivity index (χ0n) is 15.0. The van der Waals surface area contributed by atoms with Crippen molar-refractivity contribution < 1.29 is 0 Å². The Morgan fingerprint density at radius 3 is 1.65 bits per heavy atom. The SMILES string of the molecule is CSC(C#Cc1ccccc1)N(Cc1ccccc1)Cc1ccccc1. The molecule has 1 unspecified atom stereocenters. The molecular weight excluding hydrogens is 334 g/mol. The summed E-state index contributed by atoms with van der Waals surface area (Å²) in [6.45, 7) is 1.76. The Morgan fingerprint density at radius 2 is 1.19 bits per heavy atom. The summed E-state index contributed by atoms with van der Waals surface area (Å²) in [6, 6.07) is 31.4. The third-order valence-corrected chi connectivity index (χ3v) is 4.99. The molecule has 0 amide bonds. The van der Waals surface area contributed by atoms with Crippen LogP contribution in [0.4, 0.5) is 0 Å². The van der Waals surface area contributed by atoms with Gasteiger partial charge in [0.2, 0.25) is 0 Å². The minimum absolute atomic E-state index is 0.135. The molecule has 0 bridgehead atoms. The van der Waals surface area contributed by atoms with E-state index in [9.17, 15) is 0 Å². The highest BCUT2D eigenvalue weighted by Gasteiger charge is 2.16. The molecule has 26 heavy (non-hydrogen) atoms. The number of rotatable bonds is 6. The summed E-state index contributed by atoms with van der Waals surface area (Å²) in [5, 5.41) is 0.135. The molecule has 1 atom stereocenters. The fraction of sp³-hybridized carbons (Fsp3) is 0.167. The van der Waals surface area contributed by atoms with Crippen LogP contribution in [0, 0.1) is 11.8 Å². The van der Waals surface area contributed by atoms with Crippen molar-refractivity contribution in [3.63, 3.8) is 0 Å². The molecule has 1 nitrogen and oxygen atoms in total. The van der Waals surface area contributed by atoms with Crippen molar-refractivity contribution in [2.24, 2.45) is 0 Å². The fourth-order valence-electron chi connectivity index (χ4n) is 2.82. The highest BCUT2D eigenvalue weighted by Crippen LogP contribution is 2.19. The van der Waals surface area contributed by atoms with E-state index in [1.807, 2.05) is 18.2 Å². The smallest absolute Gasteiger partial charge is 0.119 e. The van der Waals surface area contributed by atoms with E-state index >= 15 is 0 Å². The Bertz CT molecular complexity index is 793. The quantitative estimate of drug-likeness (QED) is 0.427. The predicted molar refractivity (Wildman–Crippen MR) is 113 cm³/mol. The first-order valence-corrected chi connectivity index (χ1v) is 10.1. The van der Waals surface area contributed by atoms with Crippen LogP contribution in [0.25, 0.3) is 0 Å². The van der Waals surface area contributed by atoms with E-state index in [-0.39, 0.29) is 5.37 Å². The maximum atomic E-state index is 3.47. The van der Waals surface area contributed by atoms with Gasteiger partial charge in [-0.1, -0.05) is 90.7 Å². The van der Waals surface area contributed by atoms with Gasteiger partial charge in [-0.2, -0.15) is 0 Å². The van der Waals surface area contributed by atoms with Gasteiger partial charge in [-0.25, -0.2) is 0 Å². The van der Waals surface area contributed by atoms with Crippen LogP contribution in [0.15, 0.2) is 91.0 Å². The molecule has 2 heteroatoms. The molecule has 0 aliphatic rings. The van der Waals surface area contributed by atoms with Crippen LogP contribution >= 0.6 is 11.8 Å². The number of hydrogen-bond donors (Lipinski definition) is 0. The summed E-state index contributed by atoms with van der Waals surface area (Å²) >= 11 is 1.79. The van der Waals surface area contributed by atoms with Crippen LogP contribution in [0.2, 0.25) is 0 Å². The second-order valence-corrected chi connectivity index (χ2v) is 7.02. The third-order valence-electron chi connectivity index (χ3n) is 4.13. The Hall–Kier alpha value is -2.47. The summed E-state index contributed by atoms with van der Waals surface area (Å²) < 4.78 is 0. The fourth-order valence-corrected chi connectivity index (χ4v) is 3.45. The molecular formula is C24H23NS. The molecule has 130 valence electrons. The van der Waals surface area contributed by atoms with E-state index in [4.69, 9.17) is 0 Å². The topological polar surface area (TPSA) is 3.24 Å². The summed E-state index contributed by atoms with van der Waals surface area (Å²) in [5.41, 5.74) is 3.68. The number of benzene rings is 3. The van der Waals surface area contributed by atoms with Crippen LogP contribution in [0.5, 0.6) is 0 Å². The van der Waals surface area contributed by atoms with E-state index < -0.39 is 0 Å². The van der Waals surface area contributed by atoms with Crippen molar-refractivity contribution >= 4 is 11.8 Å². The minimum atomic E-state index is 0.135. The van der Waals surface area contributed by atoms with Crippen molar-refractivity contribution in [2.45, 2.75) is 18.5 Å². The first-order chi connectivity index (χ1) is 12.8. The van der Waals surface area contributed by atoms with Gasteiger partial charge in [0.25, 0.3) is 0 Å². The second kappa shape index (κ2) is 9.87. The standard InChI is InChI=1S/C24H23NS/c1-26-24(18-17-21-11-5-2-6-12-21)25(19-22-13-7-3-8-14-22)20-23-15-9-4-10-16-23/h2-16,24H,19-20H2,1H3. The molecule has 0 saturated carbocycles. The molecule has 0 spiro atoms. The maximum absolute atomic E-state index is 3.47. The zero-order chi connectivity index (χ0) is 18.0. The Kier molecular flexibility index (Phi) is 6.96. The van der Waals surface area contributed by atoms with Gasteiger partial charge >= 0.3 is 0 Å². The molecule has 3 rings (SSSR count). The van der Waals surface area contributed by atoms with Crippen molar-refractivity contribution in [3.8, 4) is 11.8 Å². The summed E-state index contributed by atoms with van der Waals surface area (Å²) in [6.07, 6.45) is 2.13. The molecule has 3 aromatic carbocycles. The molecule has 0 heterocycles. The average molecular weight is 358 g/mol. The van der Waals surface area contributed by atoms with Gasteiger partial charge in [0.05, 0.1) is 0 Å². The molecule has 0 aliphatic carbocycles. The molecule has 0 saturated heterocycles. The average Bonchev–Trinajstić information content (AvgIpc) is 2.71. The van der Waals surface area contributed by atoms with Gasteiger partial charge in [-0.3, -0.25) is 4.90 Å². The second-order valence-electron chi connectivity index (χ2n) is 6.10. The predicted octanol–water partition coefficient (Wildman–Crippen LogP) is 5.43. The minimum Gasteiger partial charge on any atom is -0.273 e. The normalized spacial score (nSPS) is 11.6. The van der Waals surface area contributed by atoms with E-state index in [0.717, 1.165) is 18.7 Å². The highest BCUT2D eigenvalue weighted by molar-refractivity contribution is 7.99. The Balaban J connectivity index is 1.83. The first-order valence-electron chi connectivity index (χ1n) is 8.76. The number of hydrogen-bond acceptors (Lipinski definition) is 2. The maximum Gasteiger partial charge on any atom is 0.119 e. The summed E-state index contributed by atoms with van der Waals surface area (Å²) in [7, 11) is 0. The number of thioether (sulfide) groups is 1. The summed E-state index contributed by atoms with van der Waals surface area (Å²) in [4.78, 5) is 2.44. The van der Waals surface area contributed by atoms with Crippen LogP contribution in [-0.2, 0) is 13.1 Å². The lowest BCUT2D eigenvalue weighted by Gasteiger charge is -2.27. The highest BCUT2D eigenvalue weighted by atomic mass is 32.2. The molecule has 0 aromatic heterocycles. The van der Waals surface area contributed by atoms with Gasteiger partial charge in [0, 0.05) is 18.7 Å². The van der Waals surface area contributed by atoms with Gasteiger partial charge in [0.15, 0.2) is 0 Å². The van der Waals surface area contributed by atoms with Crippen molar-refractivity contribution in [1.82, 2.24) is 4.90 Å². The zero-order valence-corrected chi connectivity index (χ0v) is 15.8. The van der Waals surface area contributed by atoms with Crippen LogP contribution in [0.3, 0.4) is 0 Å². The molecule has 0 aliphatic heterocycles. The van der Waals surface area contributed by atoms with Crippen LogP contribution in [-0.4, -0.2) is 16.5 Å². The van der Waals surface area contributed by atoms with Gasteiger partial charge in [-0.05, 0) is 29.5 Å². The van der Waals surface area contributed by atoms with E-state index in [1.54, 1.807) is 11.8 Å². The van der Waals surface area contributed by atoms with Crippen molar-refractivity contribution in [2.75, 3.05) is 6.26 Å². The monoisotopic (exact) mass is 357 g/mol. The van der Waals surface area contributed by atoms with E-state index in [2.05, 4.69) is 95.8 Å². The lowest BCUT2D eigenvalue weighted by molar-refractivity contribution is 0.271. The first kappa shape index (κ1) is 18.3. The summed E-state index contributed by atoms with van der Waals surface area (Å²) in [5.74, 6) is 6.80. The van der Waals surface area contributed by atoms with E-state index in [1.165, 1.54) is 11.1 Å². The van der Waals surface area contributed by atoms with E-state index in [0.29, 0.717) is 0 Å². The molecule has 3 aromatic rings. The van der Waals surface area contributed by atoms with Crippen molar-refractivity contribution in [3.05, 3.63) is 108 Å². The Morgan fingerprint density at radius 1 is 0.731 bits per heavy atom. The van der Waals surface area contributed by atoms with Crippen LogP contribution in [0.1, 0.15) is 16.7 Å². The molecule has 0 N–H and O–H groups in total. The largest absolute Gasteiger partial charge is 0.273 e. The lowest BCUT2D eigenvalue weighted by atomic mass is 10.1. The van der Waals surface area contributed by atoms with Crippen LogP contribution < -0.4 is 0 Å². The molecule has 0 fully saturated rings. The number of nitrogens with zero attached hydrogens (tertiary/aromatic N) is 1. The lowest BCUT2D eigenvalue weighted by Crippen LogP contribution is -2.31. The van der Waals surface area contributed by atoms with Gasteiger partial charge < -0.3 is 0 Å². The van der Waals surface area contributed by atoms with Gasteiger partial charge in [-0.15, -0.1) is 11.8 Å². The molecule has 0 radical (unpaired) electrons. The van der Waals surface area contributed by atoms with Crippen molar-refractivity contribution in [1.29, 1.82) is 0 Å². The Labute approximate surface area is 161 Å². The van der Waals surface area contributed by atoms with Gasteiger partial charge in [0.1, 0.15) is 5.37 Å².